The number of esters is 1. The molecule has 1 aliphatic heterocycles. The Morgan fingerprint density at radius 2 is 2.06 bits per heavy atom. The molecular weight excluding hydrogens is 256 g/mol. The average Bonchev–Trinajstić information content (AvgIpc) is 2.60. The van der Waals surface area contributed by atoms with Gasteiger partial charge in [-0.25, -0.2) is 13.2 Å². The monoisotopic (exact) mass is 268 g/mol. The molecule has 6 heteroatoms. The molecule has 1 atom stereocenters. The van der Waals surface area contributed by atoms with Crippen LogP contribution in [0.5, 0.6) is 0 Å². The average molecular weight is 268 g/mol. The third-order valence-corrected chi connectivity index (χ3v) is 4.87. The van der Waals surface area contributed by atoms with E-state index in [0.29, 0.717) is 11.1 Å². The third kappa shape index (κ3) is 1.74. The SMILES string of the molecule is COC(=O)C(O)C1=Cc2cccc(C)c2S1(=O)=O. The van der Waals surface area contributed by atoms with E-state index in [1.54, 1.807) is 25.1 Å². The smallest absolute Gasteiger partial charge is 0.340 e. The highest BCUT2D eigenvalue weighted by Crippen LogP contribution is 2.36. The number of aliphatic hydroxyl groups excluding tert-OH is 1. The zero-order valence-corrected chi connectivity index (χ0v) is 10.7. The van der Waals surface area contributed by atoms with Crippen LogP contribution in [0.2, 0.25) is 0 Å². The number of aliphatic hydroxyl groups is 1. The topological polar surface area (TPSA) is 80.7 Å². The first-order valence-corrected chi connectivity index (χ1v) is 6.70. The molecule has 0 saturated carbocycles. The van der Waals surface area contributed by atoms with Crippen LogP contribution in [0.25, 0.3) is 6.08 Å². The molecule has 1 aromatic rings. The molecule has 0 aliphatic carbocycles. The molecule has 2 rings (SSSR count). The molecule has 18 heavy (non-hydrogen) atoms. The van der Waals surface area contributed by atoms with E-state index in [2.05, 4.69) is 4.74 Å². The predicted octanol–water partition coefficient (Wildman–Crippen LogP) is 0.657. The van der Waals surface area contributed by atoms with Crippen LogP contribution in [-0.2, 0) is 19.4 Å². The van der Waals surface area contributed by atoms with E-state index < -0.39 is 21.9 Å². The summed E-state index contributed by atoms with van der Waals surface area (Å²) in [6, 6.07) is 5.00. The molecule has 96 valence electrons. The molecule has 1 aromatic carbocycles. The normalized spacial score (nSPS) is 17.8. The fraction of sp³-hybridized carbons (Fsp3) is 0.250. The zero-order chi connectivity index (χ0) is 13.5. The van der Waals surface area contributed by atoms with Crippen molar-refractivity contribution in [3.63, 3.8) is 0 Å². The van der Waals surface area contributed by atoms with Gasteiger partial charge in [0.25, 0.3) is 0 Å². The van der Waals surface area contributed by atoms with E-state index in [4.69, 9.17) is 0 Å². The predicted molar refractivity (Wildman–Crippen MR) is 64.4 cm³/mol. The van der Waals surface area contributed by atoms with Gasteiger partial charge in [-0.15, -0.1) is 0 Å². The Morgan fingerprint density at radius 3 is 2.61 bits per heavy atom. The molecule has 1 N–H and O–H groups in total. The van der Waals surface area contributed by atoms with Gasteiger partial charge in [0.15, 0.2) is 6.10 Å². The van der Waals surface area contributed by atoms with Gasteiger partial charge in [-0.1, -0.05) is 18.2 Å². The summed E-state index contributed by atoms with van der Waals surface area (Å²) >= 11 is 0. The maximum absolute atomic E-state index is 12.2. The maximum atomic E-state index is 12.2. The fourth-order valence-electron chi connectivity index (χ4n) is 1.96. The first-order chi connectivity index (χ1) is 8.39. The molecular formula is C12H12O5S. The molecule has 1 aliphatic rings. The number of methoxy groups -OCH3 is 1. The van der Waals surface area contributed by atoms with E-state index in [1.165, 1.54) is 6.08 Å². The van der Waals surface area contributed by atoms with Crippen LogP contribution >= 0.6 is 0 Å². The fourth-order valence-corrected chi connectivity index (χ4v) is 3.80. The lowest BCUT2D eigenvalue weighted by Crippen LogP contribution is -2.27. The van der Waals surface area contributed by atoms with Gasteiger partial charge < -0.3 is 9.84 Å². The van der Waals surface area contributed by atoms with Crippen LogP contribution in [0, 0.1) is 6.92 Å². The van der Waals surface area contributed by atoms with Gasteiger partial charge in [0.2, 0.25) is 9.84 Å². The van der Waals surface area contributed by atoms with Gasteiger partial charge in [0.1, 0.15) is 0 Å². The molecule has 0 radical (unpaired) electrons. The molecule has 0 saturated heterocycles. The Bertz CT molecular complexity index is 642. The minimum Gasteiger partial charge on any atom is -0.467 e. The van der Waals surface area contributed by atoms with Crippen molar-refractivity contribution in [2.24, 2.45) is 0 Å². The molecule has 0 amide bonds. The lowest BCUT2D eigenvalue weighted by atomic mass is 10.1. The summed E-state index contributed by atoms with van der Waals surface area (Å²) in [5.41, 5.74) is 1.06. The number of hydrogen-bond donors (Lipinski definition) is 1. The highest BCUT2D eigenvalue weighted by atomic mass is 32.2. The second kappa shape index (κ2) is 4.22. The van der Waals surface area contributed by atoms with Gasteiger partial charge >= 0.3 is 5.97 Å². The van der Waals surface area contributed by atoms with Gasteiger partial charge in [-0.2, -0.15) is 0 Å². The number of ether oxygens (including phenoxy) is 1. The Labute approximate surface area is 105 Å². The van der Waals surface area contributed by atoms with Crippen LogP contribution < -0.4 is 0 Å². The van der Waals surface area contributed by atoms with Crippen LogP contribution in [0.15, 0.2) is 28.0 Å². The minimum atomic E-state index is -3.82. The number of hydrogen-bond acceptors (Lipinski definition) is 5. The van der Waals surface area contributed by atoms with Crippen LogP contribution in [0.1, 0.15) is 11.1 Å². The van der Waals surface area contributed by atoms with Crippen molar-refractivity contribution in [1.82, 2.24) is 0 Å². The number of fused-ring (bicyclic) bond motifs is 1. The minimum absolute atomic E-state index is 0.142. The second-order valence-corrected chi connectivity index (χ2v) is 5.86. The third-order valence-electron chi connectivity index (χ3n) is 2.81. The first-order valence-electron chi connectivity index (χ1n) is 5.21. The standard InChI is InChI=1S/C12H12O5S/c1-7-4-3-5-8-6-9(10(13)12(14)17-2)18(15,16)11(7)8/h3-6,10,13H,1-2H3. The zero-order valence-electron chi connectivity index (χ0n) is 9.88. The summed E-state index contributed by atoms with van der Waals surface area (Å²) in [5.74, 6) is -0.990. The molecule has 0 bridgehead atoms. The van der Waals surface area contributed by atoms with E-state index in [0.717, 1.165) is 7.11 Å². The number of sulfone groups is 1. The first kappa shape index (κ1) is 12.8. The lowest BCUT2D eigenvalue weighted by molar-refractivity contribution is -0.147. The van der Waals surface area contributed by atoms with Crippen LogP contribution in [-0.4, -0.2) is 32.7 Å². The van der Waals surface area contributed by atoms with E-state index in [9.17, 15) is 18.3 Å². The molecule has 1 unspecified atom stereocenters. The van der Waals surface area contributed by atoms with Crippen molar-refractivity contribution in [2.75, 3.05) is 7.11 Å². The number of rotatable bonds is 2. The highest BCUT2D eigenvalue weighted by Gasteiger charge is 2.38. The van der Waals surface area contributed by atoms with Gasteiger partial charge in [-0.3, -0.25) is 0 Å². The summed E-state index contributed by atoms with van der Waals surface area (Å²) < 4.78 is 28.8. The summed E-state index contributed by atoms with van der Waals surface area (Å²) in [7, 11) is -2.73. The largest absolute Gasteiger partial charge is 0.467 e. The van der Waals surface area contributed by atoms with Gasteiger partial charge in [0, 0.05) is 0 Å². The van der Waals surface area contributed by atoms with Crippen molar-refractivity contribution in [1.29, 1.82) is 0 Å². The number of aryl methyl sites for hydroxylation is 1. The highest BCUT2D eigenvalue weighted by molar-refractivity contribution is 7.96. The molecule has 0 fully saturated rings. The van der Waals surface area contributed by atoms with Crippen molar-refractivity contribution < 1.29 is 23.1 Å². The summed E-state index contributed by atoms with van der Waals surface area (Å²) in [4.78, 5) is 11.1. The van der Waals surface area contributed by atoms with E-state index in [1.807, 2.05) is 0 Å². The van der Waals surface area contributed by atoms with Crippen LogP contribution in [0.4, 0.5) is 0 Å². The molecule has 0 aromatic heterocycles. The summed E-state index contributed by atoms with van der Waals surface area (Å²) in [6.45, 7) is 1.66. The van der Waals surface area contributed by atoms with Crippen LogP contribution in [0.3, 0.4) is 0 Å². The van der Waals surface area contributed by atoms with Crippen molar-refractivity contribution in [3.05, 3.63) is 34.2 Å². The van der Waals surface area contributed by atoms with Gasteiger partial charge in [0.05, 0.1) is 16.9 Å². The number of carbonyl (C=O) groups excluding carboxylic acids is 1. The summed E-state index contributed by atoms with van der Waals surface area (Å²) in [5, 5.41) is 9.69. The van der Waals surface area contributed by atoms with Crippen molar-refractivity contribution >= 4 is 21.9 Å². The molecule has 1 heterocycles. The Hall–Kier alpha value is -1.66. The molecule has 5 nitrogen and oxygen atoms in total. The van der Waals surface area contributed by atoms with E-state index >= 15 is 0 Å². The Morgan fingerprint density at radius 1 is 1.39 bits per heavy atom. The lowest BCUT2D eigenvalue weighted by Gasteiger charge is -2.10. The number of carbonyl (C=O) groups is 1. The number of benzene rings is 1. The van der Waals surface area contributed by atoms with Gasteiger partial charge in [-0.05, 0) is 24.1 Å². The maximum Gasteiger partial charge on any atom is 0.340 e. The van der Waals surface area contributed by atoms with E-state index in [-0.39, 0.29) is 9.80 Å². The van der Waals surface area contributed by atoms with Crippen molar-refractivity contribution in [2.45, 2.75) is 17.9 Å². The second-order valence-electron chi connectivity index (χ2n) is 3.97. The quantitative estimate of drug-likeness (QED) is 0.797. The summed E-state index contributed by atoms with van der Waals surface area (Å²) in [6.07, 6.45) is -0.481. The van der Waals surface area contributed by atoms with Crippen molar-refractivity contribution in [3.8, 4) is 0 Å². The Balaban J connectivity index is 2.58. The Kier molecular flexibility index (Phi) is 3.00. The molecule has 0 spiro atoms.